The summed E-state index contributed by atoms with van der Waals surface area (Å²) in [6, 6.07) is 20.5. The highest BCUT2D eigenvalue weighted by Crippen LogP contribution is 2.19. The number of amides is 2. The Hall–Kier alpha value is -3.64. The molecule has 0 bridgehead atoms. The van der Waals surface area contributed by atoms with Crippen LogP contribution < -0.4 is 10.6 Å². The monoisotopic (exact) mass is 460 g/mol. The van der Waals surface area contributed by atoms with E-state index in [1.807, 2.05) is 60.9 Å². The summed E-state index contributed by atoms with van der Waals surface area (Å²) in [6.45, 7) is 4.49. The third-order valence-corrected chi connectivity index (χ3v) is 5.77. The highest BCUT2D eigenvalue weighted by molar-refractivity contribution is 6.33. The Morgan fingerprint density at radius 1 is 1.00 bits per heavy atom. The number of nitrogens with zero attached hydrogens (tertiary/aromatic N) is 2. The van der Waals surface area contributed by atoms with E-state index in [1.54, 1.807) is 24.3 Å². The number of carbonyl (C=O) groups excluding carboxylic acids is 2. The molecule has 2 N–H and O–H groups in total. The fraction of sp³-hybridized carbons (Fsp3) is 0.192. The zero-order valence-corrected chi connectivity index (χ0v) is 19.3. The number of nitrogens with one attached hydrogen (secondary N) is 2. The summed E-state index contributed by atoms with van der Waals surface area (Å²) in [5, 5.41) is 6.29. The zero-order chi connectivity index (χ0) is 23.4. The minimum Gasteiger partial charge on any atom is -0.352 e. The fourth-order valence-corrected chi connectivity index (χ4v) is 4.03. The first-order chi connectivity index (χ1) is 15.9. The molecule has 4 aromatic rings. The number of fused-ring (bicyclic) bond motifs is 1. The van der Waals surface area contributed by atoms with Crippen molar-refractivity contribution in [1.29, 1.82) is 0 Å². The smallest absolute Gasteiger partial charge is 0.252 e. The highest BCUT2D eigenvalue weighted by Gasteiger charge is 2.15. The van der Waals surface area contributed by atoms with Gasteiger partial charge >= 0.3 is 0 Å². The minimum atomic E-state index is -0.240. The lowest BCUT2D eigenvalue weighted by atomic mass is 10.1. The van der Waals surface area contributed by atoms with Crippen molar-refractivity contribution in [1.82, 2.24) is 14.9 Å². The molecule has 0 radical (unpaired) electrons. The number of para-hydroxylation sites is 2. The molecule has 7 heteroatoms. The van der Waals surface area contributed by atoms with Gasteiger partial charge in [-0.25, -0.2) is 4.98 Å². The average Bonchev–Trinajstić information content (AvgIpc) is 3.13. The first-order valence-electron chi connectivity index (χ1n) is 10.8. The van der Waals surface area contributed by atoms with Crippen LogP contribution in [0, 0.1) is 13.8 Å². The molecule has 0 spiro atoms. The number of hydrogen-bond acceptors (Lipinski definition) is 3. The zero-order valence-electron chi connectivity index (χ0n) is 18.6. The van der Waals surface area contributed by atoms with Crippen LogP contribution in [0.2, 0.25) is 5.02 Å². The summed E-state index contributed by atoms with van der Waals surface area (Å²) >= 11 is 6.12. The number of rotatable bonds is 7. The van der Waals surface area contributed by atoms with Crippen molar-refractivity contribution in [3.63, 3.8) is 0 Å². The van der Waals surface area contributed by atoms with E-state index in [1.165, 1.54) is 0 Å². The molecule has 0 unspecified atom stereocenters. The van der Waals surface area contributed by atoms with Gasteiger partial charge in [0.2, 0.25) is 5.91 Å². The molecule has 33 heavy (non-hydrogen) atoms. The summed E-state index contributed by atoms with van der Waals surface area (Å²) in [5.74, 6) is 0.355. The molecule has 1 heterocycles. The number of halogens is 1. The van der Waals surface area contributed by atoms with Crippen LogP contribution in [0.3, 0.4) is 0 Å². The Labute approximate surface area is 197 Å². The Balaban J connectivity index is 1.49. The molecule has 1 aromatic heterocycles. The Bertz CT molecular complexity index is 1330. The Kier molecular flexibility index (Phi) is 6.75. The van der Waals surface area contributed by atoms with Crippen molar-refractivity contribution < 1.29 is 9.59 Å². The van der Waals surface area contributed by atoms with Gasteiger partial charge in [-0.3, -0.25) is 9.59 Å². The van der Waals surface area contributed by atoms with E-state index in [-0.39, 0.29) is 18.4 Å². The molecule has 0 atom stereocenters. The van der Waals surface area contributed by atoms with Crippen LogP contribution in [-0.2, 0) is 17.8 Å². The predicted octanol–water partition coefficient (Wildman–Crippen LogP) is 4.92. The topological polar surface area (TPSA) is 76.0 Å². The van der Waals surface area contributed by atoms with E-state index in [0.717, 1.165) is 33.7 Å². The van der Waals surface area contributed by atoms with Crippen molar-refractivity contribution >= 4 is 40.1 Å². The van der Waals surface area contributed by atoms with Crippen LogP contribution in [0.1, 0.15) is 27.3 Å². The van der Waals surface area contributed by atoms with Gasteiger partial charge in [-0.1, -0.05) is 53.6 Å². The van der Waals surface area contributed by atoms with Crippen LogP contribution >= 0.6 is 11.6 Å². The third-order valence-electron chi connectivity index (χ3n) is 5.44. The molecule has 3 aromatic carbocycles. The van der Waals surface area contributed by atoms with Crippen molar-refractivity contribution in [3.05, 3.63) is 94.3 Å². The first-order valence-corrected chi connectivity index (χ1v) is 11.1. The van der Waals surface area contributed by atoms with Crippen LogP contribution in [-0.4, -0.2) is 27.9 Å². The van der Waals surface area contributed by atoms with Gasteiger partial charge in [0.05, 0.1) is 21.6 Å². The van der Waals surface area contributed by atoms with Crippen molar-refractivity contribution in [2.45, 2.75) is 26.8 Å². The molecule has 0 aliphatic heterocycles. The Morgan fingerprint density at radius 2 is 1.76 bits per heavy atom. The number of carbonyl (C=O) groups is 2. The minimum absolute atomic E-state index is 0.127. The van der Waals surface area contributed by atoms with E-state index in [9.17, 15) is 9.59 Å². The number of aromatic nitrogens is 2. The largest absolute Gasteiger partial charge is 0.352 e. The van der Waals surface area contributed by atoms with Crippen molar-refractivity contribution in [2.24, 2.45) is 0 Å². The first kappa shape index (κ1) is 22.6. The Morgan fingerprint density at radius 3 is 2.55 bits per heavy atom. The number of imidazole rings is 1. The van der Waals surface area contributed by atoms with Gasteiger partial charge < -0.3 is 15.2 Å². The normalized spacial score (nSPS) is 10.9. The average molecular weight is 461 g/mol. The summed E-state index contributed by atoms with van der Waals surface area (Å²) in [4.78, 5) is 30.0. The van der Waals surface area contributed by atoms with Gasteiger partial charge in [-0.05, 0) is 49.7 Å². The molecule has 6 nitrogen and oxygen atoms in total. The van der Waals surface area contributed by atoms with E-state index < -0.39 is 0 Å². The van der Waals surface area contributed by atoms with Crippen molar-refractivity contribution in [2.75, 3.05) is 11.9 Å². The fourth-order valence-electron chi connectivity index (χ4n) is 3.81. The van der Waals surface area contributed by atoms with Gasteiger partial charge in [0.15, 0.2) is 0 Å². The third kappa shape index (κ3) is 5.23. The maximum Gasteiger partial charge on any atom is 0.252 e. The van der Waals surface area contributed by atoms with Crippen LogP contribution in [0.5, 0.6) is 0 Å². The molecular formula is C26H25ClN4O2. The molecule has 0 saturated carbocycles. The maximum atomic E-state index is 12.9. The molecular weight excluding hydrogens is 436 g/mol. The van der Waals surface area contributed by atoms with Gasteiger partial charge in [0.25, 0.3) is 5.91 Å². The van der Waals surface area contributed by atoms with Crippen molar-refractivity contribution in [3.8, 4) is 0 Å². The standard InChI is InChI=1S/C26H25ClN4O2/c1-17-11-12-21(18(2)15-17)30-25(32)16-31-23-10-6-5-9-22(23)29-24(31)13-14-28-26(33)19-7-3-4-8-20(19)27/h3-12,15H,13-14,16H2,1-2H3,(H,28,33)(H,30,32). The number of hydrogen-bond donors (Lipinski definition) is 2. The lowest BCUT2D eigenvalue weighted by Gasteiger charge is -2.12. The number of benzene rings is 3. The highest BCUT2D eigenvalue weighted by atomic mass is 35.5. The summed E-state index contributed by atoms with van der Waals surface area (Å²) in [7, 11) is 0. The van der Waals surface area contributed by atoms with Gasteiger partial charge in [-0.15, -0.1) is 0 Å². The number of anilines is 1. The quantitative estimate of drug-likeness (QED) is 0.411. The molecule has 4 rings (SSSR count). The van der Waals surface area contributed by atoms with Crippen LogP contribution in [0.25, 0.3) is 11.0 Å². The second-order valence-electron chi connectivity index (χ2n) is 7.96. The predicted molar refractivity (Wildman–Crippen MR) is 132 cm³/mol. The lowest BCUT2D eigenvalue weighted by molar-refractivity contribution is -0.116. The molecule has 0 aliphatic carbocycles. The number of aryl methyl sites for hydroxylation is 2. The molecule has 0 aliphatic rings. The molecule has 2 amide bonds. The molecule has 0 fully saturated rings. The maximum absolute atomic E-state index is 12.9. The second kappa shape index (κ2) is 9.88. The molecule has 0 saturated heterocycles. The lowest BCUT2D eigenvalue weighted by Crippen LogP contribution is -2.27. The van der Waals surface area contributed by atoms with Crippen LogP contribution in [0.4, 0.5) is 5.69 Å². The van der Waals surface area contributed by atoms with Gasteiger partial charge in [0, 0.05) is 18.7 Å². The SMILES string of the molecule is Cc1ccc(NC(=O)Cn2c(CCNC(=O)c3ccccc3Cl)nc3ccccc32)c(C)c1. The van der Waals surface area contributed by atoms with Gasteiger partial charge in [0.1, 0.15) is 12.4 Å². The van der Waals surface area contributed by atoms with E-state index in [2.05, 4.69) is 10.6 Å². The summed E-state index contributed by atoms with van der Waals surface area (Å²) in [6.07, 6.45) is 0.474. The van der Waals surface area contributed by atoms with E-state index in [4.69, 9.17) is 16.6 Å². The molecule has 168 valence electrons. The second-order valence-corrected chi connectivity index (χ2v) is 8.36. The van der Waals surface area contributed by atoms with E-state index >= 15 is 0 Å². The van der Waals surface area contributed by atoms with E-state index in [0.29, 0.717) is 23.6 Å². The van der Waals surface area contributed by atoms with Gasteiger partial charge in [-0.2, -0.15) is 0 Å². The summed E-state index contributed by atoms with van der Waals surface area (Å²) < 4.78 is 1.90. The van der Waals surface area contributed by atoms with Crippen LogP contribution in [0.15, 0.2) is 66.7 Å². The summed E-state index contributed by atoms with van der Waals surface area (Å²) in [5.41, 5.74) is 5.07.